The van der Waals surface area contributed by atoms with E-state index in [9.17, 15) is 9.59 Å². The van der Waals surface area contributed by atoms with Gasteiger partial charge in [-0.05, 0) is 36.4 Å². The Hall–Kier alpha value is -3.24. The number of benzene rings is 2. The van der Waals surface area contributed by atoms with Crippen molar-refractivity contribution in [1.82, 2.24) is 4.98 Å². The van der Waals surface area contributed by atoms with E-state index in [0.717, 1.165) is 10.1 Å². The van der Waals surface area contributed by atoms with E-state index in [1.54, 1.807) is 56.7 Å². The summed E-state index contributed by atoms with van der Waals surface area (Å²) in [6.07, 6.45) is 0.115. The molecule has 168 valence electrons. The van der Waals surface area contributed by atoms with Crippen molar-refractivity contribution in [3.05, 3.63) is 53.5 Å². The predicted octanol–water partition coefficient (Wildman–Crippen LogP) is 4.08. The zero-order valence-corrected chi connectivity index (χ0v) is 19.5. The van der Waals surface area contributed by atoms with Gasteiger partial charge in [0, 0.05) is 17.1 Å². The number of hydrogen-bond acceptors (Lipinski definition) is 8. The molecule has 0 spiro atoms. The van der Waals surface area contributed by atoms with Crippen molar-refractivity contribution in [1.29, 1.82) is 0 Å². The Balaban J connectivity index is 1.48. The summed E-state index contributed by atoms with van der Waals surface area (Å²) >= 11 is 2.72. The van der Waals surface area contributed by atoms with Crippen molar-refractivity contribution in [3.8, 4) is 17.2 Å². The van der Waals surface area contributed by atoms with E-state index in [4.69, 9.17) is 14.2 Å². The van der Waals surface area contributed by atoms with Gasteiger partial charge in [0.05, 0.1) is 44.9 Å². The molecular formula is C22H23N3O5S2. The zero-order chi connectivity index (χ0) is 22.9. The molecule has 1 heterocycles. The standard InChI is InChI=1S/C22H23N3O5S2/c1-28-16-6-4-14(5-7-16)23-21(27)13-32-22-24-15(12-31-22)10-20(26)25-18-9-8-17(29-2)11-19(18)30-3/h4-9,11-12H,10,13H2,1-3H3,(H,23,27)(H,25,26). The summed E-state index contributed by atoms with van der Waals surface area (Å²) in [6, 6.07) is 12.3. The monoisotopic (exact) mass is 473 g/mol. The number of carbonyl (C=O) groups is 2. The molecule has 2 amide bonds. The van der Waals surface area contributed by atoms with Gasteiger partial charge in [0.15, 0.2) is 4.34 Å². The summed E-state index contributed by atoms with van der Waals surface area (Å²) in [5, 5.41) is 7.46. The largest absolute Gasteiger partial charge is 0.497 e. The molecule has 0 unspecified atom stereocenters. The molecule has 0 aliphatic rings. The maximum Gasteiger partial charge on any atom is 0.234 e. The highest BCUT2D eigenvalue weighted by atomic mass is 32.2. The molecule has 2 aromatic carbocycles. The van der Waals surface area contributed by atoms with Crippen LogP contribution in [0.2, 0.25) is 0 Å². The lowest BCUT2D eigenvalue weighted by molar-refractivity contribution is -0.116. The second kappa shape index (κ2) is 11.4. The lowest BCUT2D eigenvalue weighted by atomic mass is 10.2. The van der Waals surface area contributed by atoms with Gasteiger partial charge >= 0.3 is 0 Å². The second-order valence-electron chi connectivity index (χ2n) is 6.46. The number of nitrogens with zero attached hydrogens (tertiary/aromatic N) is 1. The predicted molar refractivity (Wildman–Crippen MR) is 126 cm³/mol. The quantitative estimate of drug-likeness (QED) is 0.428. The minimum atomic E-state index is -0.215. The van der Waals surface area contributed by atoms with E-state index < -0.39 is 0 Å². The van der Waals surface area contributed by atoms with Gasteiger partial charge in [0.2, 0.25) is 11.8 Å². The van der Waals surface area contributed by atoms with Crippen LogP contribution < -0.4 is 24.8 Å². The highest BCUT2D eigenvalue weighted by Crippen LogP contribution is 2.29. The number of thioether (sulfide) groups is 1. The van der Waals surface area contributed by atoms with Crippen LogP contribution in [-0.2, 0) is 16.0 Å². The fourth-order valence-electron chi connectivity index (χ4n) is 2.70. The molecule has 0 aliphatic heterocycles. The van der Waals surface area contributed by atoms with Crippen molar-refractivity contribution >= 4 is 46.3 Å². The van der Waals surface area contributed by atoms with Crippen molar-refractivity contribution in [2.45, 2.75) is 10.8 Å². The summed E-state index contributed by atoms with van der Waals surface area (Å²) < 4.78 is 16.3. The number of carbonyl (C=O) groups excluding carboxylic acids is 2. The minimum Gasteiger partial charge on any atom is -0.497 e. The van der Waals surface area contributed by atoms with Crippen molar-refractivity contribution in [2.75, 3.05) is 37.7 Å². The molecule has 0 aliphatic carbocycles. The summed E-state index contributed by atoms with van der Waals surface area (Å²) in [4.78, 5) is 29.0. The van der Waals surface area contributed by atoms with E-state index in [-0.39, 0.29) is 24.0 Å². The third kappa shape index (κ3) is 6.63. The van der Waals surface area contributed by atoms with Gasteiger partial charge in [-0.3, -0.25) is 9.59 Å². The summed E-state index contributed by atoms with van der Waals surface area (Å²) in [5.41, 5.74) is 1.89. The molecule has 0 bridgehead atoms. The number of rotatable bonds is 10. The highest BCUT2D eigenvalue weighted by Gasteiger charge is 2.13. The Morgan fingerprint density at radius 2 is 1.66 bits per heavy atom. The van der Waals surface area contributed by atoms with Gasteiger partial charge in [-0.1, -0.05) is 11.8 Å². The maximum absolute atomic E-state index is 12.4. The minimum absolute atomic E-state index is 0.115. The van der Waals surface area contributed by atoms with Crippen LogP contribution in [0, 0.1) is 0 Å². The second-order valence-corrected chi connectivity index (χ2v) is 8.54. The number of ether oxygens (including phenoxy) is 3. The number of anilines is 2. The first-order valence-electron chi connectivity index (χ1n) is 9.53. The van der Waals surface area contributed by atoms with Gasteiger partial charge in [-0.2, -0.15) is 0 Å². The Morgan fingerprint density at radius 3 is 2.34 bits per heavy atom. The average Bonchev–Trinajstić information content (AvgIpc) is 3.25. The number of methoxy groups -OCH3 is 3. The molecule has 0 fully saturated rings. The Bertz CT molecular complexity index is 1070. The van der Waals surface area contributed by atoms with Crippen LogP contribution in [0.5, 0.6) is 17.2 Å². The van der Waals surface area contributed by atoms with Crippen LogP contribution in [0.25, 0.3) is 0 Å². The van der Waals surface area contributed by atoms with Crippen LogP contribution in [0.15, 0.2) is 52.2 Å². The topological polar surface area (TPSA) is 98.8 Å². The van der Waals surface area contributed by atoms with Crippen LogP contribution >= 0.6 is 23.1 Å². The first kappa shape index (κ1) is 23.4. The third-order valence-corrected chi connectivity index (χ3v) is 6.33. The lowest BCUT2D eigenvalue weighted by Crippen LogP contribution is -2.15. The first-order chi connectivity index (χ1) is 15.5. The van der Waals surface area contributed by atoms with Crippen molar-refractivity contribution in [2.24, 2.45) is 0 Å². The van der Waals surface area contributed by atoms with Crippen molar-refractivity contribution in [3.63, 3.8) is 0 Å². The van der Waals surface area contributed by atoms with E-state index in [1.807, 2.05) is 5.38 Å². The van der Waals surface area contributed by atoms with Crippen LogP contribution in [0.3, 0.4) is 0 Å². The number of thiazole rings is 1. The van der Waals surface area contributed by atoms with Gasteiger partial charge in [0.25, 0.3) is 0 Å². The smallest absolute Gasteiger partial charge is 0.234 e. The third-order valence-electron chi connectivity index (χ3n) is 4.26. The molecule has 0 radical (unpaired) electrons. The van der Waals surface area contributed by atoms with Crippen LogP contribution in [0.1, 0.15) is 5.69 Å². The van der Waals surface area contributed by atoms with E-state index in [0.29, 0.717) is 28.6 Å². The Kier molecular flexibility index (Phi) is 8.34. The SMILES string of the molecule is COc1ccc(NC(=O)CSc2nc(CC(=O)Nc3ccc(OC)cc3OC)cs2)cc1. The molecule has 10 heteroatoms. The molecule has 0 atom stereocenters. The molecule has 32 heavy (non-hydrogen) atoms. The summed E-state index contributed by atoms with van der Waals surface area (Å²) in [6.45, 7) is 0. The van der Waals surface area contributed by atoms with Gasteiger partial charge in [-0.15, -0.1) is 11.3 Å². The molecule has 8 nitrogen and oxygen atoms in total. The molecule has 3 aromatic rings. The van der Waals surface area contributed by atoms with Gasteiger partial charge in [-0.25, -0.2) is 4.98 Å². The number of amides is 2. The molecule has 3 rings (SSSR count). The van der Waals surface area contributed by atoms with Gasteiger partial charge in [0.1, 0.15) is 17.2 Å². The van der Waals surface area contributed by atoms with Crippen molar-refractivity contribution < 1.29 is 23.8 Å². The average molecular weight is 474 g/mol. The van der Waals surface area contributed by atoms with Crippen LogP contribution in [-0.4, -0.2) is 43.9 Å². The molecule has 0 saturated carbocycles. The molecule has 1 aromatic heterocycles. The molecule has 0 saturated heterocycles. The zero-order valence-electron chi connectivity index (χ0n) is 17.8. The fourth-order valence-corrected chi connectivity index (χ4v) is 4.34. The van der Waals surface area contributed by atoms with E-state index >= 15 is 0 Å². The van der Waals surface area contributed by atoms with E-state index in [1.165, 1.54) is 30.2 Å². The highest BCUT2D eigenvalue weighted by molar-refractivity contribution is 8.01. The number of hydrogen-bond donors (Lipinski definition) is 2. The molecule has 2 N–H and O–H groups in total. The van der Waals surface area contributed by atoms with Gasteiger partial charge < -0.3 is 24.8 Å². The number of nitrogens with one attached hydrogen (secondary N) is 2. The summed E-state index contributed by atoms with van der Waals surface area (Å²) in [5.74, 6) is 1.73. The lowest BCUT2D eigenvalue weighted by Gasteiger charge is -2.11. The molecular weight excluding hydrogens is 450 g/mol. The normalized spacial score (nSPS) is 10.3. The maximum atomic E-state index is 12.4. The summed E-state index contributed by atoms with van der Waals surface area (Å²) in [7, 11) is 4.68. The van der Waals surface area contributed by atoms with Crippen LogP contribution in [0.4, 0.5) is 11.4 Å². The fraction of sp³-hybridized carbons (Fsp3) is 0.227. The Labute approximate surface area is 194 Å². The number of aromatic nitrogens is 1. The first-order valence-corrected chi connectivity index (χ1v) is 11.4. The Morgan fingerprint density at radius 1 is 0.938 bits per heavy atom. The van der Waals surface area contributed by atoms with E-state index in [2.05, 4.69) is 15.6 Å².